The van der Waals surface area contributed by atoms with Gasteiger partial charge in [-0.1, -0.05) is 0 Å². The van der Waals surface area contributed by atoms with E-state index in [2.05, 4.69) is 4.98 Å². The average Bonchev–Trinajstić information content (AvgIpc) is 2.78. The van der Waals surface area contributed by atoms with Crippen LogP contribution in [0.15, 0.2) is 18.2 Å². The molecule has 0 aliphatic heterocycles. The number of carboxylic acids is 1. The van der Waals surface area contributed by atoms with Crippen LogP contribution in [0.2, 0.25) is 0 Å². The van der Waals surface area contributed by atoms with Crippen molar-refractivity contribution in [2.45, 2.75) is 33.3 Å². The van der Waals surface area contributed by atoms with Gasteiger partial charge in [0.15, 0.2) is 0 Å². The Kier molecular flexibility index (Phi) is 4.42. The maximum absolute atomic E-state index is 12.0. The molecule has 0 saturated heterocycles. The molecule has 0 atom stereocenters. The van der Waals surface area contributed by atoms with Crippen molar-refractivity contribution in [2.75, 3.05) is 5.73 Å². The Balaban J connectivity index is 2.35. The summed E-state index contributed by atoms with van der Waals surface area (Å²) in [6, 6.07) is 4.76. The van der Waals surface area contributed by atoms with Crippen LogP contribution in [0.1, 0.15) is 46.5 Å². The Bertz CT molecular complexity index is 775. The molecule has 1 aromatic carbocycles. The molecule has 0 aliphatic carbocycles. The third-order valence-corrected chi connectivity index (χ3v) is 4.09. The van der Waals surface area contributed by atoms with Crippen LogP contribution < -0.4 is 5.73 Å². The summed E-state index contributed by atoms with van der Waals surface area (Å²) in [6.45, 7) is 6.99. The maximum atomic E-state index is 12.0. The molecule has 0 spiro atoms. The minimum absolute atomic E-state index is 0.176. The third-order valence-electron chi connectivity index (χ3n) is 2.91. The summed E-state index contributed by atoms with van der Waals surface area (Å²) < 4.78 is 5.29. The first-order valence-corrected chi connectivity index (χ1v) is 7.74. The van der Waals surface area contributed by atoms with Gasteiger partial charge in [0.25, 0.3) is 0 Å². The Morgan fingerprint density at radius 2 is 1.96 bits per heavy atom. The van der Waals surface area contributed by atoms with Crippen LogP contribution in [0.4, 0.5) is 5.69 Å². The molecule has 2 aromatic rings. The topological polar surface area (TPSA) is 103 Å². The van der Waals surface area contributed by atoms with E-state index in [9.17, 15) is 9.59 Å². The zero-order valence-electron chi connectivity index (χ0n) is 13.3. The van der Waals surface area contributed by atoms with Gasteiger partial charge in [-0.3, -0.25) is 0 Å². The number of anilines is 1. The number of carbonyl (C=O) groups excluding carboxylic acids is 1. The van der Waals surface area contributed by atoms with Crippen molar-refractivity contribution in [1.29, 1.82) is 0 Å². The number of aryl methyl sites for hydroxylation is 1. The van der Waals surface area contributed by atoms with Gasteiger partial charge >= 0.3 is 11.9 Å². The number of aromatic nitrogens is 1. The molecular formula is C16H18N2O4S. The number of hydrogen-bond acceptors (Lipinski definition) is 6. The highest BCUT2D eigenvalue weighted by Gasteiger charge is 2.20. The molecule has 0 saturated carbocycles. The highest BCUT2D eigenvalue weighted by Crippen LogP contribution is 2.32. The van der Waals surface area contributed by atoms with Crippen molar-refractivity contribution >= 4 is 29.0 Å². The van der Waals surface area contributed by atoms with Gasteiger partial charge in [0.05, 0.1) is 11.3 Å². The summed E-state index contributed by atoms with van der Waals surface area (Å²) in [5, 5.41) is 9.61. The summed E-state index contributed by atoms with van der Waals surface area (Å²) in [6.07, 6.45) is 0. The number of thiazole rings is 1. The number of carbonyl (C=O) groups is 2. The fourth-order valence-corrected chi connectivity index (χ4v) is 2.88. The average molecular weight is 334 g/mol. The minimum Gasteiger partial charge on any atom is -0.477 e. The Labute approximate surface area is 137 Å². The number of rotatable bonds is 3. The smallest absolute Gasteiger partial charge is 0.347 e. The first-order valence-electron chi connectivity index (χ1n) is 6.92. The second kappa shape index (κ2) is 6.00. The summed E-state index contributed by atoms with van der Waals surface area (Å²) in [5.41, 5.74) is 7.13. The van der Waals surface area contributed by atoms with Gasteiger partial charge in [0.2, 0.25) is 0 Å². The lowest BCUT2D eigenvalue weighted by Crippen LogP contribution is -2.23. The molecule has 23 heavy (non-hydrogen) atoms. The molecule has 0 unspecified atom stereocenters. The molecule has 0 fully saturated rings. The second-order valence-corrected chi connectivity index (χ2v) is 7.04. The largest absolute Gasteiger partial charge is 0.477 e. The number of nitrogen functional groups attached to an aromatic ring is 1. The molecule has 2 rings (SSSR count). The Hall–Kier alpha value is -2.41. The number of carboxylic acid groups (broad SMARTS) is 1. The first kappa shape index (κ1) is 17.0. The van der Waals surface area contributed by atoms with E-state index >= 15 is 0 Å². The van der Waals surface area contributed by atoms with Crippen molar-refractivity contribution in [3.8, 4) is 10.6 Å². The van der Waals surface area contributed by atoms with E-state index in [1.54, 1.807) is 39.8 Å². The molecule has 0 radical (unpaired) electrons. The first-order chi connectivity index (χ1) is 10.6. The van der Waals surface area contributed by atoms with Gasteiger partial charge in [-0.15, -0.1) is 11.3 Å². The zero-order chi connectivity index (χ0) is 17.4. The number of ether oxygens (including phenoxy) is 1. The lowest BCUT2D eigenvalue weighted by molar-refractivity contribution is 0.00694. The zero-order valence-corrected chi connectivity index (χ0v) is 14.2. The van der Waals surface area contributed by atoms with Crippen LogP contribution in [0.3, 0.4) is 0 Å². The van der Waals surface area contributed by atoms with Crippen molar-refractivity contribution in [2.24, 2.45) is 0 Å². The van der Waals surface area contributed by atoms with Crippen LogP contribution in [-0.2, 0) is 4.74 Å². The normalized spacial score (nSPS) is 11.3. The van der Waals surface area contributed by atoms with Gasteiger partial charge in [-0.2, -0.15) is 0 Å². The third kappa shape index (κ3) is 3.87. The SMILES string of the molecule is Cc1nc(-c2ccc(C(=O)OC(C)(C)C)cc2N)sc1C(=O)O. The predicted molar refractivity (Wildman–Crippen MR) is 88.8 cm³/mol. The fraction of sp³-hybridized carbons (Fsp3) is 0.312. The molecule has 122 valence electrons. The maximum Gasteiger partial charge on any atom is 0.347 e. The molecule has 0 aliphatic rings. The van der Waals surface area contributed by atoms with Crippen LogP contribution >= 0.6 is 11.3 Å². The van der Waals surface area contributed by atoms with Crippen molar-refractivity contribution in [1.82, 2.24) is 4.98 Å². The second-order valence-electron chi connectivity index (χ2n) is 6.04. The van der Waals surface area contributed by atoms with E-state index < -0.39 is 17.5 Å². The standard InChI is InChI=1S/C16H18N2O4S/c1-8-12(14(19)20)23-13(18-8)10-6-5-9(7-11(10)17)15(21)22-16(2,3)4/h5-7H,17H2,1-4H3,(H,19,20). The number of nitrogens with zero attached hydrogens (tertiary/aromatic N) is 1. The Morgan fingerprint density at radius 3 is 2.43 bits per heavy atom. The van der Waals surface area contributed by atoms with E-state index in [0.29, 0.717) is 27.5 Å². The minimum atomic E-state index is -1.02. The summed E-state index contributed by atoms with van der Waals surface area (Å²) in [5.74, 6) is -1.48. The van der Waals surface area contributed by atoms with Gasteiger partial charge in [-0.25, -0.2) is 14.6 Å². The van der Waals surface area contributed by atoms with Gasteiger partial charge in [0, 0.05) is 11.3 Å². The van der Waals surface area contributed by atoms with Crippen molar-refractivity contribution in [3.05, 3.63) is 34.3 Å². The lowest BCUT2D eigenvalue weighted by atomic mass is 10.1. The molecule has 3 N–H and O–H groups in total. The van der Waals surface area contributed by atoms with Gasteiger partial charge in [-0.05, 0) is 45.9 Å². The molecule has 6 nitrogen and oxygen atoms in total. The quantitative estimate of drug-likeness (QED) is 0.659. The monoisotopic (exact) mass is 334 g/mol. The lowest BCUT2D eigenvalue weighted by Gasteiger charge is -2.19. The van der Waals surface area contributed by atoms with E-state index in [0.717, 1.165) is 11.3 Å². The van der Waals surface area contributed by atoms with E-state index in [-0.39, 0.29) is 4.88 Å². The highest BCUT2D eigenvalue weighted by atomic mass is 32.1. The number of aromatic carboxylic acids is 1. The molecule has 1 heterocycles. The molecule has 0 amide bonds. The van der Waals surface area contributed by atoms with Crippen LogP contribution in [0.5, 0.6) is 0 Å². The van der Waals surface area contributed by atoms with E-state index in [1.807, 2.05) is 0 Å². The molecule has 7 heteroatoms. The molecular weight excluding hydrogens is 316 g/mol. The number of benzene rings is 1. The predicted octanol–water partition coefficient (Wildman–Crippen LogP) is 3.35. The fourth-order valence-electron chi connectivity index (χ4n) is 1.93. The summed E-state index contributed by atoms with van der Waals surface area (Å²) in [7, 11) is 0. The van der Waals surface area contributed by atoms with Crippen LogP contribution in [0, 0.1) is 6.92 Å². The molecule has 0 bridgehead atoms. The summed E-state index contributed by atoms with van der Waals surface area (Å²) >= 11 is 1.05. The van der Waals surface area contributed by atoms with E-state index in [1.165, 1.54) is 6.07 Å². The van der Waals surface area contributed by atoms with Crippen molar-refractivity contribution in [3.63, 3.8) is 0 Å². The molecule has 1 aromatic heterocycles. The summed E-state index contributed by atoms with van der Waals surface area (Å²) in [4.78, 5) is 27.6. The van der Waals surface area contributed by atoms with Crippen LogP contribution in [0.25, 0.3) is 10.6 Å². The Morgan fingerprint density at radius 1 is 1.30 bits per heavy atom. The number of nitrogens with two attached hydrogens (primary N) is 1. The van der Waals surface area contributed by atoms with E-state index in [4.69, 9.17) is 15.6 Å². The van der Waals surface area contributed by atoms with Crippen LogP contribution in [-0.4, -0.2) is 27.6 Å². The number of esters is 1. The number of hydrogen-bond donors (Lipinski definition) is 2. The van der Waals surface area contributed by atoms with Gasteiger partial charge < -0.3 is 15.6 Å². The van der Waals surface area contributed by atoms with Gasteiger partial charge in [0.1, 0.15) is 15.5 Å². The highest BCUT2D eigenvalue weighted by molar-refractivity contribution is 7.17. The van der Waals surface area contributed by atoms with Crippen molar-refractivity contribution < 1.29 is 19.4 Å².